The van der Waals surface area contributed by atoms with Crippen LogP contribution in [0.4, 0.5) is 0 Å². The van der Waals surface area contributed by atoms with Gasteiger partial charge < -0.3 is 14.6 Å². The molecule has 0 aliphatic heterocycles. The highest BCUT2D eigenvalue weighted by molar-refractivity contribution is 6.02. The lowest BCUT2D eigenvalue weighted by molar-refractivity contribution is 0.306. The molecule has 0 unspecified atom stereocenters. The summed E-state index contributed by atoms with van der Waals surface area (Å²) in [6.45, 7) is 5.62. The SMILES string of the molecule is CCCCCCOc1ccc2ccccc2c1-c1nc(-c2c(O)ccc3ccccc23)nc(-c2c(OCCCCCC)ccc3ccccc23)n1. The molecule has 51 heavy (non-hydrogen) atoms. The maximum Gasteiger partial charge on any atom is 0.168 e. The Balaban J connectivity index is 1.48. The van der Waals surface area contributed by atoms with Gasteiger partial charge in [-0.05, 0) is 63.4 Å². The fourth-order valence-electron chi connectivity index (χ4n) is 6.83. The van der Waals surface area contributed by atoms with Crippen LogP contribution in [0, 0.1) is 0 Å². The largest absolute Gasteiger partial charge is 0.507 e. The molecule has 0 atom stereocenters. The molecule has 6 heteroatoms. The molecular weight excluding hydrogens is 631 g/mol. The summed E-state index contributed by atoms with van der Waals surface area (Å²) in [7, 11) is 0. The Bertz CT molecular complexity index is 2170. The van der Waals surface area contributed by atoms with Crippen LogP contribution in [0.1, 0.15) is 65.2 Å². The monoisotopic (exact) mass is 675 g/mol. The van der Waals surface area contributed by atoms with Crippen molar-refractivity contribution in [2.75, 3.05) is 13.2 Å². The first-order valence-corrected chi connectivity index (χ1v) is 18.4. The number of aromatic nitrogens is 3. The van der Waals surface area contributed by atoms with Gasteiger partial charge in [0.2, 0.25) is 0 Å². The van der Waals surface area contributed by atoms with E-state index < -0.39 is 0 Å². The summed E-state index contributed by atoms with van der Waals surface area (Å²) in [5.74, 6) is 2.89. The fraction of sp³-hybridized carbons (Fsp3) is 0.267. The summed E-state index contributed by atoms with van der Waals surface area (Å²) >= 11 is 0. The smallest absolute Gasteiger partial charge is 0.168 e. The first kappa shape index (κ1) is 34.0. The molecule has 1 heterocycles. The van der Waals surface area contributed by atoms with Crippen molar-refractivity contribution < 1.29 is 14.6 Å². The zero-order valence-electron chi connectivity index (χ0n) is 29.6. The molecule has 7 rings (SSSR count). The van der Waals surface area contributed by atoms with Crippen LogP contribution in [0.5, 0.6) is 17.2 Å². The zero-order valence-corrected chi connectivity index (χ0v) is 29.6. The number of benzene rings is 6. The summed E-state index contributed by atoms with van der Waals surface area (Å²) in [6.07, 6.45) is 8.84. The lowest BCUT2D eigenvalue weighted by Gasteiger charge is -2.18. The molecule has 0 bridgehead atoms. The minimum absolute atomic E-state index is 0.104. The molecule has 0 aliphatic rings. The van der Waals surface area contributed by atoms with E-state index in [4.69, 9.17) is 24.4 Å². The number of aromatic hydroxyl groups is 1. The number of ether oxygens (including phenoxy) is 2. The zero-order chi connectivity index (χ0) is 35.0. The van der Waals surface area contributed by atoms with E-state index >= 15 is 0 Å². The highest BCUT2D eigenvalue weighted by atomic mass is 16.5. The van der Waals surface area contributed by atoms with Crippen LogP contribution in [0.25, 0.3) is 66.5 Å². The Morgan fingerprint density at radius 2 is 0.824 bits per heavy atom. The number of hydrogen-bond donors (Lipinski definition) is 1. The van der Waals surface area contributed by atoms with Crippen molar-refractivity contribution in [3.05, 3.63) is 109 Å². The molecule has 258 valence electrons. The highest BCUT2D eigenvalue weighted by Crippen LogP contribution is 2.42. The molecule has 6 nitrogen and oxygen atoms in total. The second kappa shape index (κ2) is 16.0. The van der Waals surface area contributed by atoms with Crippen LogP contribution in [0.15, 0.2) is 109 Å². The quantitative estimate of drug-likeness (QED) is 0.109. The first-order chi connectivity index (χ1) is 25.2. The van der Waals surface area contributed by atoms with Gasteiger partial charge in [-0.2, -0.15) is 0 Å². The van der Waals surface area contributed by atoms with Crippen molar-refractivity contribution in [3.63, 3.8) is 0 Å². The molecule has 6 aromatic carbocycles. The minimum atomic E-state index is 0.104. The van der Waals surface area contributed by atoms with Gasteiger partial charge in [-0.15, -0.1) is 0 Å². The van der Waals surface area contributed by atoms with E-state index in [2.05, 4.69) is 50.2 Å². The predicted octanol–water partition coefficient (Wildman–Crippen LogP) is 12.0. The minimum Gasteiger partial charge on any atom is -0.507 e. The number of phenols is 1. The molecule has 0 radical (unpaired) electrons. The van der Waals surface area contributed by atoms with Crippen LogP contribution in [0.2, 0.25) is 0 Å². The van der Waals surface area contributed by atoms with Gasteiger partial charge in [0, 0.05) is 0 Å². The van der Waals surface area contributed by atoms with Gasteiger partial charge in [0.25, 0.3) is 0 Å². The second-order valence-electron chi connectivity index (χ2n) is 13.1. The topological polar surface area (TPSA) is 77.4 Å². The van der Waals surface area contributed by atoms with Crippen LogP contribution in [0.3, 0.4) is 0 Å². The van der Waals surface area contributed by atoms with E-state index in [1.54, 1.807) is 6.07 Å². The van der Waals surface area contributed by atoms with Gasteiger partial charge in [0.05, 0.1) is 29.9 Å². The maximum atomic E-state index is 11.5. The van der Waals surface area contributed by atoms with Crippen LogP contribution in [-0.4, -0.2) is 33.3 Å². The molecule has 1 aromatic heterocycles. The maximum absolute atomic E-state index is 11.5. The predicted molar refractivity (Wildman–Crippen MR) is 210 cm³/mol. The lowest BCUT2D eigenvalue weighted by Crippen LogP contribution is -2.06. The normalized spacial score (nSPS) is 11.4. The van der Waals surface area contributed by atoms with Crippen molar-refractivity contribution >= 4 is 32.3 Å². The van der Waals surface area contributed by atoms with Crippen molar-refractivity contribution in [3.8, 4) is 51.4 Å². The fourth-order valence-corrected chi connectivity index (χ4v) is 6.83. The van der Waals surface area contributed by atoms with Crippen molar-refractivity contribution in [2.24, 2.45) is 0 Å². The highest BCUT2D eigenvalue weighted by Gasteiger charge is 2.23. The number of rotatable bonds is 15. The summed E-state index contributed by atoms with van der Waals surface area (Å²) in [5.41, 5.74) is 2.16. The standard InChI is InChI=1S/C45H45N3O3/c1-3-5-7-15-29-50-38-27-24-32-18-10-13-21-35(32)41(38)44-46-43(40-34-20-12-9-17-31(34)23-26-37(40)49)47-45(48-44)42-36-22-14-11-19-33(36)25-28-39(42)51-30-16-8-6-4-2/h9-14,17-28,49H,3-8,15-16,29-30H2,1-2H3. The molecule has 0 saturated heterocycles. The van der Waals surface area contributed by atoms with E-state index in [0.717, 1.165) is 93.5 Å². The van der Waals surface area contributed by atoms with Crippen molar-refractivity contribution in [2.45, 2.75) is 65.2 Å². The Hall–Kier alpha value is -5.49. The van der Waals surface area contributed by atoms with Gasteiger partial charge in [0.1, 0.15) is 17.2 Å². The van der Waals surface area contributed by atoms with Gasteiger partial charge in [0.15, 0.2) is 17.5 Å². The summed E-state index contributed by atoms with van der Waals surface area (Å²) in [4.78, 5) is 15.6. The van der Waals surface area contributed by atoms with E-state index in [-0.39, 0.29) is 5.75 Å². The van der Waals surface area contributed by atoms with Crippen LogP contribution >= 0.6 is 0 Å². The van der Waals surface area contributed by atoms with Crippen molar-refractivity contribution in [1.29, 1.82) is 0 Å². The van der Waals surface area contributed by atoms with Crippen LogP contribution in [-0.2, 0) is 0 Å². The number of phenolic OH excluding ortho intramolecular Hbond substituents is 1. The summed E-state index contributed by atoms with van der Waals surface area (Å²) in [5, 5.41) is 17.4. The average molecular weight is 676 g/mol. The van der Waals surface area contributed by atoms with Gasteiger partial charge in [-0.3, -0.25) is 0 Å². The molecular formula is C45H45N3O3. The molecule has 0 saturated carbocycles. The third-order valence-electron chi connectivity index (χ3n) is 9.51. The lowest BCUT2D eigenvalue weighted by atomic mass is 10.00. The van der Waals surface area contributed by atoms with E-state index in [9.17, 15) is 5.11 Å². The van der Waals surface area contributed by atoms with E-state index in [1.165, 1.54) is 12.8 Å². The van der Waals surface area contributed by atoms with Crippen LogP contribution < -0.4 is 9.47 Å². The number of nitrogens with zero attached hydrogens (tertiary/aromatic N) is 3. The molecule has 7 aromatic rings. The van der Waals surface area contributed by atoms with Gasteiger partial charge >= 0.3 is 0 Å². The Morgan fingerprint density at radius 3 is 1.27 bits per heavy atom. The van der Waals surface area contributed by atoms with E-state index in [1.807, 2.05) is 66.7 Å². The first-order valence-electron chi connectivity index (χ1n) is 18.4. The molecule has 0 amide bonds. The molecule has 0 aliphatic carbocycles. The summed E-state index contributed by atoms with van der Waals surface area (Å²) in [6, 6.07) is 36.4. The Labute approximate surface area is 300 Å². The molecule has 0 spiro atoms. The number of fused-ring (bicyclic) bond motifs is 3. The average Bonchev–Trinajstić information content (AvgIpc) is 3.17. The third-order valence-corrected chi connectivity index (χ3v) is 9.51. The molecule has 1 N–H and O–H groups in total. The third kappa shape index (κ3) is 7.36. The van der Waals surface area contributed by atoms with E-state index in [0.29, 0.717) is 36.3 Å². The van der Waals surface area contributed by atoms with Gasteiger partial charge in [-0.25, -0.2) is 15.0 Å². The number of unbranched alkanes of at least 4 members (excludes halogenated alkanes) is 6. The summed E-state index contributed by atoms with van der Waals surface area (Å²) < 4.78 is 13.1. The van der Waals surface area contributed by atoms with Crippen molar-refractivity contribution in [1.82, 2.24) is 15.0 Å². The number of hydrogen-bond acceptors (Lipinski definition) is 6. The van der Waals surface area contributed by atoms with Gasteiger partial charge in [-0.1, -0.05) is 143 Å². The Kier molecular flexibility index (Phi) is 10.7. The molecule has 0 fully saturated rings. The Morgan fingerprint density at radius 1 is 0.431 bits per heavy atom. The second-order valence-corrected chi connectivity index (χ2v) is 13.1.